The molecule has 0 aliphatic heterocycles. The van der Waals surface area contributed by atoms with E-state index in [1.54, 1.807) is 24.3 Å². The summed E-state index contributed by atoms with van der Waals surface area (Å²) in [6.45, 7) is 0. The molecule has 0 aliphatic carbocycles. The van der Waals surface area contributed by atoms with Crippen LogP contribution < -0.4 is 9.47 Å². The van der Waals surface area contributed by atoms with Crippen molar-refractivity contribution in [3.05, 3.63) is 52.5 Å². The number of phenolic OH excluding ortho intramolecular Hbond substituents is 1. The summed E-state index contributed by atoms with van der Waals surface area (Å²) in [5.74, 6) is -0.628. The van der Waals surface area contributed by atoms with Crippen molar-refractivity contribution in [2.75, 3.05) is 14.2 Å². The fourth-order valence-electron chi connectivity index (χ4n) is 2.07. The van der Waals surface area contributed by atoms with Gasteiger partial charge in [0.15, 0.2) is 11.5 Å². The molecule has 2 N–H and O–H groups in total. The summed E-state index contributed by atoms with van der Waals surface area (Å²) in [4.78, 5) is 11.6. The molecule has 0 amide bonds. The summed E-state index contributed by atoms with van der Waals surface area (Å²) in [6, 6.07) is 9.54. The highest BCUT2D eigenvalue weighted by molar-refractivity contribution is 6.31. The smallest absolute Gasteiger partial charge is 0.336 e. The van der Waals surface area contributed by atoms with Gasteiger partial charge in [-0.25, -0.2) is 4.79 Å². The van der Waals surface area contributed by atoms with E-state index in [-0.39, 0.29) is 22.6 Å². The Bertz CT molecular complexity index is 768. The SMILES string of the molecule is COc1cccc(/C(=C/c2cc(Cl)cc(OC)c2O)C(=O)O)c1. The average molecular weight is 335 g/mol. The van der Waals surface area contributed by atoms with Crippen LogP contribution in [0.5, 0.6) is 17.2 Å². The third kappa shape index (κ3) is 3.76. The van der Waals surface area contributed by atoms with Gasteiger partial charge in [-0.2, -0.15) is 0 Å². The molecule has 120 valence electrons. The van der Waals surface area contributed by atoms with Crippen molar-refractivity contribution in [2.45, 2.75) is 0 Å². The Hall–Kier alpha value is -2.66. The van der Waals surface area contributed by atoms with Crippen molar-refractivity contribution in [3.63, 3.8) is 0 Å². The van der Waals surface area contributed by atoms with Gasteiger partial charge in [-0.15, -0.1) is 0 Å². The lowest BCUT2D eigenvalue weighted by molar-refractivity contribution is -0.130. The molecule has 2 aromatic rings. The van der Waals surface area contributed by atoms with Crippen LogP contribution in [0.25, 0.3) is 11.6 Å². The highest BCUT2D eigenvalue weighted by atomic mass is 35.5. The van der Waals surface area contributed by atoms with Gasteiger partial charge in [0.25, 0.3) is 0 Å². The van der Waals surface area contributed by atoms with Crippen molar-refractivity contribution >= 4 is 29.2 Å². The summed E-state index contributed by atoms with van der Waals surface area (Å²) in [5.41, 5.74) is 0.674. The minimum Gasteiger partial charge on any atom is -0.504 e. The largest absolute Gasteiger partial charge is 0.504 e. The first kappa shape index (κ1) is 16.7. The van der Waals surface area contributed by atoms with Crippen LogP contribution >= 0.6 is 11.6 Å². The Morgan fingerprint density at radius 1 is 1.17 bits per heavy atom. The minimum atomic E-state index is -1.14. The van der Waals surface area contributed by atoms with Gasteiger partial charge >= 0.3 is 5.97 Å². The molecule has 0 bridgehead atoms. The molecule has 2 rings (SSSR count). The number of ether oxygens (including phenoxy) is 2. The van der Waals surface area contributed by atoms with Gasteiger partial charge in [-0.05, 0) is 29.8 Å². The third-order valence-electron chi connectivity index (χ3n) is 3.20. The number of hydrogen-bond donors (Lipinski definition) is 2. The van der Waals surface area contributed by atoms with Crippen LogP contribution in [0, 0.1) is 0 Å². The number of carboxylic acids is 1. The molecular formula is C17H15ClO5. The fraction of sp³-hybridized carbons (Fsp3) is 0.118. The second kappa shape index (κ2) is 7.07. The third-order valence-corrected chi connectivity index (χ3v) is 3.42. The molecule has 0 fully saturated rings. The van der Waals surface area contributed by atoms with E-state index < -0.39 is 5.97 Å². The van der Waals surface area contributed by atoms with Crippen LogP contribution in [-0.2, 0) is 4.79 Å². The van der Waals surface area contributed by atoms with Crippen molar-refractivity contribution in [1.29, 1.82) is 0 Å². The fourth-order valence-corrected chi connectivity index (χ4v) is 2.29. The zero-order valence-corrected chi connectivity index (χ0v) is 13.3. The van der Waals surface area contributed by atoms with Crippen molar-refractivity contribution in [2.24, 2.45) is 0 Å². The van der Waals surface area contributed by atoms with E-state index in [9.17, 15) is 15.0 Å². The lowest BCUT2D eigenvalue weighted by Crippen LogP contribution is -2.00. The number of carbonyl (C=O) groups is 1. The molecule has 0 aromatic heterocycles. The van der Waals surface area contributed by atoms with Gasteiger partial charge in [0.1, 0.15) is 5.75 Å². The second-order valence-corrected chi connectivity index (χ2v) is 5.08. The molecule has 0 atom stereocenters. The molecule has 6 heteroatoms. The van der Waals surface area contributed by atoms with E-state index >= 15 is 0 Å². The van der Waals surface area contributed by atoms with Crippen molar-refractivity contribution < 1.29 is 24.5 Å². The summed E-state index contributed by atoms with van der Waals surface area (Å²) in [5, 5.41) is 19.9. The number of halogens is 1. The van der Waals surface area contributed by atoms with Gasteiger partial charge in [0.2, 0.25) is 0 Å². The number of rotatable bonds is 5. The zero-order chi connectivity index (χ0) is 17.0. The molecule has 0 spiro atoms. The van der Waals surface area contributed by atoms with E-state index in [1.807, 2.05) is 0 Å². The van der Waals surface area contributed by atoms with Crippen LogP contribution in [0.2, 0.25) is 5.02 Å². The Morgan fingerprint density at radius 3 is 2.52 bits per heavy atom. The van der Waals surface area contributed by atoms with Crippen LogP contribution in [0.3, 0.4) is 0 Å². The number of hydrogen-bond acceptors (Lipinski definition) is 4. The van der Waals surface area contributed by atoms with E-state index in [0.29, 0.717) is 16.3 Å². The lowest BCUT2D eigenvalue weighted by Gasteiger charge is -2.09. The predicted octanol–water partition coefficient (Wildman–Crippen LogP) is 3.69. The second-order valence-electron chi connectivity index (χ2n) is 4.64. The Kier molecular flexibility index (Phi) is 5.13. The van der Waals surface area contributed by atoms with E-state index in [0.717, 1.165) is 0 Å². The number of benzene rings is 2. The van der Waals surface area contributed by atoms with Crippen molar-refractivity contribution in [3.8, 4) is 17.2 Å². The predicted molar refractivity (Wildman–Crippen MR) is 88.2 cm³/mol. The summed E-state index contributed by atoms with van der Waals surface area (Å²) < 4.78 is 10.1. The number of carboxylic acid groups (broad SMARTS) is 1. The molecule has 0 saturated carbocycles. The van der Waals surface area contributed by atoms with Crippen LogP contribution in [0.1, 0.15) is 11.1 Å². The van der Waals surface area contributed by atoms with E-state index in [2.05, 4.69) is 0 Å². The van der Waals surface area contributed by atoms with Gasteiger partial charge in [0, 0.05) is 16.7 Å². The monoisotopic (exact) mass is 334 g/mol. The molecule has 0 unspecified atom stereocenters. The first-order valence-corrected chi connectivity index (χ1v) is 7.00. The molecular weight excluding hydrogens is 320 g/mol. The first-order chi connectivity index (χ1) is 11.0. The number of aliphatic carboxylic acids is 1. The van der Waals surface area contributed by atoms with Crippen LogP contribution in [-0.4, -0.2) is 30.4 Å². The van der Waals surface area contributed by atoms with Crippen LogP contribution in [0.15, 0.2) is 36.4 Å². The molecule has 2 aromatic carbocycles. The summed E-state index contributed by atoms with van der Waals surface area (Å²) in [7, 11) is 2.88. The van der Waals surface area contributed by atoms with Gasteiger partial charge in [-0.1, -0.05) is 23.7 Å². The highest BCUT2D eigenvalue weighted by Gasteiger charge is 2.15. The summed E-state index contributed by atoms with van der Waals surface area (Å²) in [6.07, 6.45) is 1.33. The van der Waals surface area contributed by atoms with Gasteiger partial charge < -0.3 is 19.7 Å². The quantitative estimate of drug-likeness (QED) is 0.644. The maximum absolute atomic E-state index is 11.6. The summed E-state index contributed by atoms with van der Waals surface area (Å²) >= 11 is 5.97. The van der Waals surface area contributed by atoms with E-state index in [1.165, 1.54) is 32.4 Å². The Morgan fingerprint density at radius 2 is 1.91 bits per heavy atom. The maximum atomic E-state index is 11.6. The first-order valence-electron chi connectivity index (χ1n) is 6.62. The molecule has 23 heavy (non-hydrogen) atoms. The van der Waals surface area contributed by atoms with E-state index in [4.69, 9.17) is 21.1 Å². The van der Waals surface area contributed by atoms with Gasteiger partial charge in [-0.3, -0.25) is 0 Å². The number of phenols is 1. The van der Waals surface area contributed by atoms with Gasteiger partial charge in [0.05, 0.1) is 19.8 Å². The lowest BCUT2D eigenvalue weighted by atomic mass is 10.0. The maximum Gasteiger partial charge on any atom is 0.336 e. The topological polar surface area (TPSA) is 76.0 Å². The normalized spacial score (nSPS) is 11.2. The minimum absolute atomic E-state index is 0.0106. The molecule has 0 radical (unpaired) electrons. The Balaban J connectivity index is 2.60. The highest BCUT2D eigenvalue weighted by Crippen LogP contribution is 2.36. The Labute approximate surface area is 138 Å². The average Bonchev–Trinajstić information content (AvgIpc) is 2.54. The number of aromatic hydroxyl groups is 1. The van der Waals surface area contributed by atoms with Crippen molar-refractivity contribution in [1.82, 2.24) is 0 Å². The molecule has 0 aliphatic rings. The van der Waals surface area contributed by atoms with Crippen LogP contribution in [0.4, 0.5) is 0 Å². The number of methoxy groups -OCH3 is 2. The molecule has 0 saturated heterocycles. The standard InChI is InChI=1S/C17H15ClO5/c1-22-13-5-3-4-10(7-13)14(17(20)21)8-11-6-12(18)9-15(23-2)16(11)19/h3-9,19H,1-2H3,(H,20,21)/b14-8-. The molecule has 5 nitrogen and oxygen atoms in total. The molecule has 0 heterocycles. The zero-order valence-electron chi connectivity index (χ0n) is 12.5.